The lowest BCUT2D eigenvalue weighted by atomic mass is 9.81. The summed E-state index contributed by atoms with van der Waals surface area (Å²) >= 11 is 3.36. The average Bonchev–Trinajstić information content (AvgIpc) is 3.25. The van der Waals surface area contributed by atoms with Crippen LogP contribution in [0.15, 0.2) is 40.7 Å². The van der Waals surface area contributed by atoms with E-state index >= 15 is 0 Å². The van der Waals surface area contributed by atoms with E-state index in [1.165, 1.54) is 21.6 Å². The number of imide groups is 1. The highest BCUT2D eigenvalue weighted by atomic mass is 32.2. The number of nitrogens with zero attached hydrogens (tertiary/aromatic N) is 2. The number of hydrogen-bond acceptors (Lipinski definition) is 5. The highest BCUT2D eigenvalue weighted by Crippen LogP contribution is 2.41. The Hall–Kier alpha value is -2.18. The SMILES string of the molecule is Cc1ccc(CSc2nc3ccc(N4C(=O)[C@H]5CCCC[C@H]5C4=O)cc3s2)c(C)c1. The second kappa shape index (κ2) is 7.82. The van der Waals surface area contributed by atoms with Crippen LogP contribution >= 0.6 is 23.1 Å². The van der Waals surface area contributed by atoms with Crippen molar-refractivity contribution in [3.63, 3.8) is 0 Å². The van der Waals surface area contributed by atoms with Crippen LogP contribution in [0.25, 0.3) is 10.2 Å². The van der Waals surface area contributed by atoms with Gasteiger partial charge in [0.1, 0.15) is 0 Å². The van der Waals surface area contributed by atoms with Gasteiger partial charge in [0.15, 0.2) is 4.34 Å². The molecule has 0 N–H and O–H groups in total. The van der Waals surface area contributed by atoms with E-state index in [4.69, 9.17) is 4.98 Å². The number of benzene rings is 2. The van der Waals surface area contributed by atoms with Crippen LogP contribution in [0.2, 0.25) is 0 Å². The molecule has 2 aromatic carbocycles. The van der Waals surface area contributed by atoms with Crippen LogP contribution in [-0.4, -0.2) is 16.8 Å². The van der Waals surface area contributed by atoms with Crippen molar-refractivity contribution in [3.8, 4) is 0 Å². The number of fused-ring (bicyclic) bond motifs is 2. The number of carbonyl (C=O) groups is 2. The third-order valence-corrected chi connectivity index (χ3v) is 8.51. The molecule has 0 unspecified atom stereocenters. The van der Waals surface area contributed by atoms with Crippen LogP contribution in [0.1, 0.15) is 42.4 Å². The molecule has 1 saturated carbocycles. The van der Waals surface area contributed by atoms with Gasteiger partial charge in [-0.3, -0.25) is 14.5 Å². The minimum Gasteiger partial charge on any atom is -0.274 e. The van der Waals surface area contributed by atoms with Gasteiger partial charge in [0.25, 0.3) is 0 Å². The molecule has 5 rings (SSSR count). The van der Waals surface area contributed by atoms with Gasteiger partial charge in [-0.2, -0.15) is 0 Å². The Labute approximate surface area is 184 Å². The fourth-order valence-corrected chi connectivity index (χ4v) is 6.83. The first kappa shape index (κ1) is 19.8. The fourth-order valence-electron chi connectivity index (χ4n) is 4.66. The molecule has 0 radical (unpaired) electrons. The van der Waals surface area contributed by atoms with E-state index in [0.29, 0.717) is 5.69 Å². The molecule has 1 aromatic heterocycles. The van der Waals surface area contributed by atoms with E-state index in [2.05, 4.69) is 32.0 Å². The quantitative estimate of drug-likeness (QED) is 0.378. The Morgan fingerprint density at radius 2 is 1.77 bits per heavy atom. The molecule has 2 amide bonds. The van der Waals surface area contributed by atoms with Crippen LogP contribution in [-0.2, 0) is 15.3 Å². The molecule has 2 heterocycles. The normalized spacial score (nSPS) is 21.5. The van der Waals surface area contributed by atoms with Crippen LogP contribution in [0.4, 0.5) is 5.69 Å². The van der Waals surface area contributed by atoms with Crippen molar-refractivity contribution in [2.75, 3.05) is 4.90 Å². The van der Waals surface area contributed by atoms with E-state index < -0.39 is 0 Å². The predicted octanol–water partition coefficient (Wildman–Crippen LogP) is 5.89. The third kappa shape index (κ3) is 3.46. The van der Waals surface area contributed by atoms with Gasteiger partial charge in [0, 0.05) is 5.75 Å². The number of amides is 2. The zero-order chi connectivity index (χ0) is 20.8. The summed E-state index contributed by atoms with van der Waals surface area (Å²) in [5.41, 5.74) is 5.52. The fraction of sp³-hybridized carbons (Fsp3) is 0.375. The molecule has 2 fully saturated rings. The molecule has 30 heavy (non-hydrogen) atoms. The molecule has 3 aromatic rings. The topological polar surface area (TPSA) is 50.3 Å². The van der Waals surface area contributed by atoms with Crippen molar-refractivity contribution >= 4 is 50.8 Å². The van der Waals surface area contributed by atoms with E-state index in [1.54, 1.807) is 23.1 Å². The molecular formula is C24H24N2O2S2. The summed E-state index contributed by atoms with van der Waals surface area (Å²) in [6, 6.07) is 12.3. The number of hydrogen-bond donors (Lipinski definition) is 0. The molecule has 2 atom stereocenters. The number of carbonyl (C=O) groups excluding carboxylic acids is 2. The summed E-state index contributed by atoms with van der Waals surface area (Å²) in [7, 11) is 0. The Balaban J connectivity index is 1.38. The molecule has 1 aliphatic carbocycles. The van der Waals surface area contributed by atoms with E-state index in [0.717, 1.165) is 46.0 Å². The van der Waals surface area contributed by atoms with Crippen LogP contribution in [0, 0.1) is 25.7 Å². The smallest absolute Gasteiger partial charge is 0.237 e. The summed E-state index contributed by atoms with van der Waals surface area (Å²) in [5, 5.41) is 0. The first-order valence-electron chi connectivity index (χ1n) is 10.5. The molecule has 1 aliphatic heterocycles. The van der Waals surface area contributed by atoms with Crippen LogP contribution in [0.5, 0.6) is 0 Å². The van der Waals surface area contributed by atoms with Crippen molar-refractivity contribution in [2.24, 2.45) is 11.8 Å². The number of thiazole rings is 1. The maximum absolute atomic E-state index is 12.9. The van der Waals surface area contributed by atoms with Gasteiger partial charge in [-0.15, -0.1) is 11.3 Å². The predicted molar refractivity (Wildman–Crippen MR) is 123 cm³/mol. The van der Waals surface area contributed by atoms with E-state index in [9.17, 15) is 9.59 Å². The molecule has 0 bridgehead atoms. The first-order valence-corrected chi connectivity index (χ1v) is 12.3. The number of aromatic nitrogens is 1. The lowest BCUT2D eigenvalue weighted by Gasteiger charge is -2.19. The number of thioether (sulfide) groups is 1. The minimum atomic E-state index is -0.118. The number of anilines is 1. The molecule has 1 saturated heterocycles. The van der Waals surface area contributed by atoms with Gasteiger partial charge in [-0.25, -0.2) is 4.98 Å². The van der Waals surface area contributed by atoms with Gasteiger partial charge >= 0.3 is 0 Å². The third-order valence-electron chi connectivity index (χ3n) is 6.30. The zero-order valence-electron chi connectivity index (χ0n) is 17.2. The molecule has 4 nitrogen and oxygen atoms in total. The lowest BCUT2D eigenvalue weighted by Crippen LogP contribution is -2.30. The van der Waals surface area contributed by atoms with Crippen molar-refractivity contribution in [2.45, 2.75) is 49.6 Å². The highest BCUT2D eigenvalue weighted by Gasteiger charge is 2.48. The summed E-state index contributed by atoms with van der Waals surface area (Å²) in [6.07, 6.45) is 3.77. The van der Waals surface area contributed by atoms with Gasteiger partial charge in [-0.1, -0.05) is 48.4 Å². The molecule has 2 aliphatic rings. The van der Waals surface area contributed by atoms with Crippen molar-refractivity contribution < 1.29 is 9.59 Å². The Morgan fingerprint density at radius 3 is 2.47 bits per heavy atom. The highest BCUT2D eigenvalue weighted by molar-refractivity contribution is 8.00. The van der Waals surface area contributed by atoms with Crippen molar-refractivity contribution in [1.29, 1.82) is 0 Å². The maximum Gasteiger partial charge on any atom is 0.237 e. The Kier molecular flexibility index (Phi) is 5.15. The first-order chi connectivity index (χ1) is 14.5. The van der Waals surface area contributed by atoms with Crippen LogP contribution in [0.3, 0.4) is 0 Å². The van der Waals surface area contributed by atoms with E-state index in [-0.39, 0.29) is 23.7 Å². The number of aryl methyl sites for hydroxylation is 2. The Bertz CT molecular complexity index is 1130. The molecule has 0 spiro atoms. The van der Waals surface area contributed by atoms with Crippen LogP contribution < -0.4 is 4.90 Å². The Morgan fingerprint density at radius 1 is 1.03 bits per heavy atom. The summed E-state index contributed by atoms with van der Waals surface area (Å²) in [5.74, 6) is 0.612. The minimum absolute atomic E-state index is 0.0157. The molecular weight excluding hydrogens is 412 g/mol. The second-order valence-electron chi connectivity index (χ2n) is 8.36. The summed E-state index contributed by atoms with van der Waals surface area (Å²) in [4.78, 5) is 32.0. The van der Waals surface area contributed by atoms with Gasteiger partial charge in [0.05, 0.1) is 27.7 Å². The molecule has 154 valence electrons. The van der Waals surface area contributed by atoms with E-state index in [1.807, 2.05) is 18.2 Å². The van der Waals surface area contributed by atoms with Gasteiger partial charge in [-0.05, 0) is 56.0 Å². The zero-order valence-corrected chi connectivity index (χ0v) is 18.8. The molecule has 6 heteroatoms. The second-order valence-corrected chi connectivity index (χ2v) is 10.6. The van der Waals surface area contributed by atoms with Crippen molar-refractivity contribution in [3.05, 3.63) is 53.1 Å². The van der Waals surface area contributed by atoms with Gasteiger partial charge in [0.2, 0.25) is 11.8 Å². The standard InChI is InChI=1S/C24H24N2O2S2/c1-14-7-8-16(15(2)11-14)13-29-24-25-20-10-9-17(12-21(20)30-24)26-22(27)18-5-3-4-6-19(18)23(26)28/h7-12,18-19H,3-6,13H2,1-2H3/t18-,19+. The monoisotopic (exact) mass is 436 g/mol. The average molecular weight is 437 g/mol. The van der Waals surface area contributed by atoms with Gasteiger partial charge < -0.3 is 0 Å². The maximum atomic E-state index is 12.9. The number of rotatable bonds is 4. The largest absolute Gasteiger partial charge is 0.274 e. The lowest BCUT2D eigenvalue weighted by molar-refractivity contribution is -0.122. The summed E-state index contributed by atoms with van der Waals surface area (Å²) in [6.45, 7) is 4.26. The summed E-state index contributed by atoms with van der Waals surface area (Å²) < 4.78 is 2.03. The van der Waals surface area contributed by atoms with Crippen molar-refractivity contribution in [1.82, 2.24) is 4.98 Å².